The van der Waals surface area contributed by atoms with Gasteiger partial charge in [-0.15, -0.1) is 0 Å². The SMILES string of the molecule is COc1ccc(C=NNC(=O)c2cc(C(C)(C)C)[nH]n2)c(OC)c1. The lowest BCUT2D eigenvalue weighted by Crippen LogP contribution is -2.18. The third kappa shape index (κ3) is 4.13. The number of nitrogens with zero attached hydrogens (tertiary/aromatic N) is 2. The van der Waals surface area contributed by atoms with Crippen LogP contribution in [0.4, 0.5) is 0 Å². The molecule has 0 unspecified atom stereocenters. The Balaban J connectivity index is 2.06. The summed E-state index contributed by atoms with van der Waals surface area (Å²) in [6, 6.07) is 7.04. The molecule has 0 radical (unpaired) electrons. The average Bonchev–Trinajstić information content (AvgIpc) is 3.05. The van der Waals surface area contributed by atoms with Crippen LogP contribution in [-0.2, 0) is 5.41 Å². The maximum Gasteiger partial charge on any atom is 0.291 e. The number of rotatable bonds is 5. The molecule has 0 fully saturated rings. The highest BCUT2D eigenvalue weighted by Crippen LogP contribution is 2.23. The summed E-state index contributed by atoms with van der Waals surface area (Å²) < 4.78 is 10.4. The number of ether oxygens (including phenoxy) is 2. The first-order valence-electron chi connectivity index (χ1n) is 7.46. The summed E-state index contributed by atoms with van der Waals surface area (Å²) in [5.41, 5.74) is 4.24. The molecule has 0 spiro atoms. The zero-order valence-electron chi connectivity index (χ0n) is 14.5. The summed E-state index contributed by atoms with van der Waals surface area (Å²) in [5, 5.41) is 10.8. The van der Waals surface area contributed by atoms with Gasteiger partial charge in [0.2, 0.25) is 0 Å². The minimum atomic E-state index is -0.384. The lowest BCUT2D eigenvalue weighted by molar-refractivity contribution is 0.0950. The molecule has 0 aliphatic heterocycles. The van der Waals surface area contributed by atoms with Gasteiger partial charge in [0.15, 0.2) is 5.69 Å². The number of hydrogen-bond donors (Lipinski definition) is 2. The lowest BCUT2D eigenvalue weighted by atomic mass is 9.92. The van der Waals surface area contributed by atoms with Gasteiger partial charge in [-0.05, 0) is 18.2 Å². The largest absolute Gasteiger partial charge is 0.497 e. The molecule has 2 aromatic rings. The highest BCUT2D eigenvalue weighted by Gasteiger charge is 2.19. The monoisotopic (exact) mass is 330 g/mol. The van der Waals surface area contributed by atoms with Gasteiger partial charge in [-0.1, -0.05) is 20.8 Å². The topological polar surface area (TPSA) is 88.6 Å². The number of amides is 1. The van der Waals surface area contributed by atoms with Crippen LogP contribution in [0.5, 0.6) is 11.5 Å². The van der Waals surface area contributed by atoms with Gasteiger partial charge in [0.05, 0.1) is 20.4 Å². The number of aromatic nitrogens is 2. The van der Waals surface area contributed by atoms with E-state index in [9.17, 15) is 4.79 Å². The van der Waals surface area contributed by atoms with Crippen molar-refractivity contribution in [2.75, 3.05) is 14.2 Å². The first kappa shape index (κ1) is 17.5. The molecule has 0 saturated heterocycles. The van der Waals surface area contributed by atoms with Crippen LogP contribution in [0.15, 0.2) is 29.4 Å². The van der Waals surface area contributed by atoms with Gasteiger partial charge < -0.3 is 9.47 Å². The van der Waals surface area contributed by atoms with E-state index in [1.165, 1.54) is 6.21 Å². The summed E-state index contributed by atoms with van der Waals surface area (Å²) in [6.07, 6.45) is 1.51. The third-order valence-corrected chi connectivity index (χ3v) is 3.43. The smallest absolute Gasteiger partial charge is 0.291 e. The van der Waals surface area contributed by atoms with E-state index >= 15 is 0 Å². The van der Waals surface area contributed by atoms with Crippen LogP contribution in [-0.4, -0.2) is 36.5 Å². The lowest BCUT2D eigenvalue weighted by Gasteiger charge is -2.14. The summed E-state index contributed by atoms with van der Waals surface area (Å²) in [5.74, 6) is 0.895. The first-order valence-corrected chi connectivity index (χ1v) is 7.46. The molecule has 0 bridgehead atoms. The normalized spacial score (nSPS) is 11.5. The van der Waals surface area contributed by atoms with Crippen molar-refractivity contribution < 1.29 is 14.3 Å². The van der Waals surface area contributed by atoms with E-state index < -0.39 is 0 Å². The molecule has 1 amide bonds. The quantitative estimate of drug-likeness (QED) is 0.651. The molecule has 128 valence electrons. The van der Waals surface area contributed by atoms with Crippen molar-refractivity contribution in [2.45, 2.75) is 26.2 Å². The van der Waals surface area contributed by atoms with Crippen molar-refractivity contribution in [1.29, 1.82) is 0 Å². The van der Waals surface area contributed by atoms with Gasteiger partial charge >= 0.3 is 0 Å². The Bertz CT molecular complexity index is 745. The molecule has 2 rings (SSSR count). The van der Waals surface area contributed by atoms with Crippen LogP contribution >= 0.6 is 0 Å². The number of carbonyl (C=O) groups excluding carboxylic acids is 1. The number of carbonyl (C=O) groups is 1. The van der Waals surface area contributed by atoms with Crippen molar-refractivity contribution in [3.05, 3.63) is 41.2 Å². The van der Waals surface area contributed by atoms with Crippen LogP contribution in [0.1, 0.15) is 42.5 Å². The van der Waals surface area contributed by atoms with Crippen LogP contribution in [0.2, 0.25) is 0 Å². The fraction of sp³-hybridized carbons (Fsp3) is 0.353. The fourth-order valence-electron chi connectivity index (χ4n) is 1.97. The maximum absolute atomic E-state index is 12.1. The Morgan fingerprint density at radius 1 is 1.25 bits per heavy atom. The molecule has 7 heteroatoms. The second kappa shape index (κ2) is 7.16. The van der Waals surface area contributed by atoms with Crippen molar-refractivity contribution in [3.63, 3.8) is 0 Å². The van der Waals surface area contributed by atoms with E-state index in [2.05, 4.69) is 20.7 Å². The fourth-order valence-corrected chi connectivity index (χ4v) is 1.97. The minimum Gasteiger partial charge on any atom is -0.497 e. The van der Waals surface area contributed by atoms with Gasteiger partial charge in [-0.2, -0.15) is 10.2 Å². The van der Waals surface area contributed by atoms with Crippen LogP contribution in [0, 0.1) is 0 Å². The van der Waals surface area contributed by atoms with Crippen LogP contribution < -0.4 is 14.9 Å². The van der Waals surface area contributed by atoms with Crippen molar-refractivity contribution in [1.82, 2.24) is 15.6 Å². The standard InChI is InChI=1S/C17H22N4O3/c1-17(2,3)15-9-13(19-20-15)16(22)21-18-10-11-6-7-12(23-4)8-14(11)24-5/h6-10H,1-5H3,(H,19,20)(H,21,22). The van der Waals surface area contributed by atoms with E-state index in [1.807, 2.05) is 20.8 Å². The van der Waals surface area contributed by atoms with Gasteiger partial charge in [0, 0.05) is 22.7 Å². The third-order valence-electron chi connectivity index (χ3n) is 3.43. The Kier molecular flexibility index (Phi) is 5.23. The summed E-state index contributed by atoms with van der Waals surface area (Å²) in [7, 11) is 3.14. The second-order valence-corrected chi connectivity index (χ2v) is 6.22. The van der Waals surface area contributed by atoms with Crippen molar-refractivity contribution >= 4 is 12.1 Å². The van der Waals surface area contributed by atoms with E-state index in [0.29, 0.717) is 17.2 Å². The molecular formula is C17H22N4O3. The molecule has 24 heavy (non-hydrogen) atoms. The van der Waals surface area contributed by atoms with Gasteiger partial charge in [0.1, 0.15) is 11.5 Å². The van der Waals surface area contributed by atoms with Gasteiger partial charge in [-0.3, -0.25) is 9.89 Å². The van der Waals surface area contributed by atoms with Crippen molar-refractivity contribution in [2.24, 2.45) is 5.10 Å². The number of benzene rings is 1. The molecule has 0 aliphatic rings. The molecule has 2 N–H and O–H groups in total. The van der Waals surface area contributed by atoms with Gasteiger partial charge in [-0.25, -0.2) is 5.43 Å². The Morgan fingerprint density at radius 3 is 2.58 bits per heavy atom. The van der Waals surface area contributed by atoms with E-state index in [-0.39, 0.29) is 11.3 Å². The Hall–Kier alpha value is -2.83. The zero-order chi connectivity index (χ0) is 17.7. The molecule has 1 aromatic heterocycles. The molecule has 0 aliphatic carbocycles. The van der Waals surface area contributed by atoms with Gasteiger partial charge in [0.25, 0.3) is 5.91 Å². The number of methoxy groups -OCH3 is 2. The molecule has 0 atom stereocenters. The van der Waals surface area contributed by atoms with Crippen LogP contribution in [0.3, 0.4) is 0 Å². The zero-order valence-corrected chi connectivity index (χ0v) is 14.5. The number of hydrazone groups is 1. The molecule has 0 saturated carbocycles. The summed E-state index contributed by atoms with van der Waals surface area (Å²) in [6.45, 7) is 6.11. The average molecular weight is 330 g/mol. The predicted molar refractivity (Wildman–Crippen MR) is 91.9 cm³/mol. The number of H-pyrrole nitrogens is 1. The number of nitrogens with one attached hydrogen (secondary N) is 2. The maximum atomic E-state index is 12.1. The molecule has 1 aromatic carbocycles. The highest BCUT2D eigenvalue weighted by atomic mass is 16.5. The Morgan fingerprint density at radius 2 is 2.00 bits per heavy atom. The van der Waals surface area contributed by atoms with E-state index in [1.54, 1.807) is 38.5 Å². The Labute approximate surface area is 141 Å². The molecule has 1 heterocycles. The first-order chi connectivity index (χ1) is 11.3. The van der Waals surface area contributed by atoms with Crippen LogP contribution in [0.25, 0.3) is 0 Å². The number of aromatic amines is 1. The minimum absolute atomic E-state index is 0.106. The van der Waals surface area contributed by atoms with Crippen molar-refractivity contribution in [3.8, 4) is 11.5 Å². The van der Waals surface area contributed by atoms with E-state index in [0.717, 1.165) is 11.3 Å². The molecule has 7 nitrogen and oxygen atoms in total. The summed E-state index contributed by atoms with van der Waals surface area (Å²) >= 11 is 0. The molecular weight excluding hydrogens is 308 g/mol. The second-order valence-electron chi connectivity index (χ2n) is 6.22. The van der Waals surface area contributed by atoms with E-state index in [4.69, 9.17) is 9.47 Å². The number of hydrogen-bond acceptors (Lipinski definition) is 5. The highest BCUT2D eigenvalue weighted by molar-refractivity contribution is 5.93. The summed E-state index contributed by atoms with van der Waals surface area (Å²) in [4.78, 5) is 12.1. The predicted octanol–water partition coefficient (Wildman–Crippen LogP) is 2.49.